The molecule has 5 rings (SSSR count). The summed E-state index contributed by atoms with van der Waals surface area (Å²) in [6.07, 6.45) is 4.33. The van der Waals surface area contributed by atoms with E-state index in [2.05, 4.69) is 21.2 Å². The first-order valence-electron chi connectivity index (χ1n) is 10.3. The van der Waals surface area contributed by atoms with Crippen LogP contribution in [0.3, 0.4) is 0 Å². The van der Waals surface area contributed by atoms with E-state index in [-0.39, 0.29) is 11.2 Å². The van der Waals surface area contributed by atoms with Gasteiger partial charge in [-0.2, -0.15) is 0 Å². The Morgan fingerprint density at radius 2 is 1.78 bits per heavy atom. The summed E-state index contributed by atoms with van der Waals surface area (Å²) >= 11 is 7.51. The first-order valence-corrected chi connectivity index (χ1v) is 11.6. The molecule has 0 N–H and O–H groups in total. The zero-order valence-corrected chi connectivity index (χ0v) is 18.9. The predicted octanol–water partition coefficient (Wildman–Crippen LogP) is 5.05. The molecular formula is C24H20ClN5OS. The molecule has 160 valence electrons. The fraction of sp³-hybridized carbons (Fsp3) is 0.167. The minimum atomic E-state index is -0.332. The molecule has 0 bridgehead atoms. The van der Waals surface area contributed by atoms with E-state index in [9.17, 15) is 4.79 Å². The Kier molecular flexibility index (Phi) is 5.68. The second-order valence-electron chi connectivity index (χ2n) is 7.48. The van der Waals surface area contributed by atoms with Gasteiger partial charge in [0.1, 0.15) is 0 Å². The standard InChI is InChI=1S/C24H20ClN5OS/c1-16(23(31)29-15-12-17-4-2-3-5-21(17)29)32-24-28-27-22(18-10-13-26-14-11-18)30(24)20-8-6-19(25)7-9-20/h2-11,13-14,16H,12,15H2,1H3. The summed E-state index contributed by atoms with van der Waals surface area (Å²) in [6.45, 7) is 2.62. The summed E-state index contributed by atoms with van der Waals surface area (Å²) in [7, 11) is 0. The molecule has 3 heterocycles. The molecule has 0 saturated carbocycles. The maximum Gasteiger partial charge on any atom is 0.240 e. The van der Waals surface area contributed by atoms with Crippen molar-refractivity contribution in [2.45, 2.75) is 23.8 Å². The van der Waals surface area contributed by atoms with E-state index in [0.29, 0.717) is 22.5 Å². The van der Waals surface area contributed by atoms with Crippen LogP contribution in [0.2, 0.25) is 5.02 Å². The van der Waals surface area contributed by atoms with Crippen LogP contribution in [0.25, 0.3) is 17.1 Å². The van der Waals surface area contributed by atoms with Crippen LogP contribution in [0.4, 0.5) is 5.69 Å². The van der Waals surface area contributed by atoms with Crippen LogP contribution in [0.15, 0.2) is 78.2 Å². The number of hydrogen-bond acceptors (Lipinski definition) is 5. The Hall–Kier alpha value is -3.16. The number of fused-ring (bicyclic) bond motifs is 1. The number of halogens is 1. The lowest BCUT2D eigenvalue weighted by Crippen LogP contribution is -2.35. The van der Waals surface area contributed by atoms with Crippen LogP contribution in [0, 0.1) is 0 Å². The number of rotatable bonds is 5. The average molecular weight is 462 g/mol. The van der Waals surface area contributed by atoms with Gasteiger partial charge in [0, 0.05) is 40.9 Å². The topological polar surface area (TPSA) is 63.9 Å². The van der Waals surface area contributed by atoms with Gasteiger partial charge in [-0.05, 0) is 61.4 Å². The molecule has 32 heavy (non-hydrogen) atoms. The zero-order chi connectivity index (χ0) is 22.1. The van der Waals surface area contributed by atoms with Crippen molar-refractivity contribution >= 4 is 35.0 Å². The van der Waals surface area contributed by atoms with Gasteiger partial charge >= 0.3 is 0 Å². The van der Waals surface area contributed by atoms with Gasteiger partial charge in [-0.15, -0.1) is 10.2 Å². The molecule has 0 aliphatic carbocycles. The second-order valence-corrected chi connectivity index (χ2v) is 9.23. The zero-order valence-electron chi connectivity index (χ0n) is 17.4. The number of thioether (sulfide) groups is 1. The number of benzene rings is 2. The van der Waals surface area contributed by atoms with Crippen LogP contribution in [0.1, 0.15) is 12.5 Å². The van der Waals surface area contributed by atoms with Gasteiger partial charge in [0.05, 0.1) is 5.25 Å². The molecule has 0 saturated heterocycles. The molecule has 2 aromatic heterocycles. The van der Waals surface area contributed by atoms with Crippen LogP contribution in [-0.2, 0) is 11.2 Å². The Labute approximate surface area is 195 Å². The summed E-state index contributed by atoms with van der Waals surface area (Å²) in [5, 5.41) is 9.84. The Balaban J connectivity index is 1.48. The van der Waals surface area contributed by atoms with E-state index < -0.39 is 0 Å². The SMILES string of the molecule is CC(Sc1nnc(-c2ccncc2)n1-c1ccc(Cl)cc1)C(=O)N1CCc2ccccc21. The molecule has 4 aromatic rings. The molecule has 6 nitrogen and oxygen atoms in total. The molecule has 0 fully saturated rings. The fourth-order valence-electron chi connectivity index (χ4n) is 3.85. The predicted molar refractivity (Wildman–Crippen MR) is 127 cm³/mol. The molecular weight excluding hydrogens is 442 g/mol. The summed E-state index contributed by atoms with van der Waals surface area (Å²) < 4.78 is 1.96. The number of carbonyl (C=O) groups is 1. The maximum absolute atomic E-state index is 13.3. The Bertz CT molecular complexity index is 1260. The normalized spacial score (nSPS) is 13.8. The van der Waals surface area contributed by atoms with Gasteiger partial charge in [0.15, 0.2) is 11.0 Å². The van der Waals surface area contributed by atoms with Crippen molar-refractivity contribution in [2.75, 3.05) is 11.4 Å². The second kappa shape index (κ2) is 8.76. The lowest BCUT2D eigenvalue weighted by atomic mass is 10.2. The van der Waals surface area contributed by atoms with Crippen molar-refractivity contribution < 1.29 is 4.79 Å². The van der Waals surface area contributed by atoms with Gasteiger partial charge in [-0.1, -0.05) is 41.6 Å². The number of anilines is 1. The van der Waals surface area contributed by atoms with Gasteiger partial charge in [-0.3, -0.25) is 14.3 Å². The minimum Gasteiger partial charge on any atom is -0.311 e. The van der Waals surface area contributed by atoms with Crippen molar-refractivity contribution in [1.82, 2.24) is 19.7 Å². The largest absolute Gasteiger partial charge is 0.311 e. The number of carbonyl (C=O) groups excluding carboxylic acids is 1. The third kappa shape index (κ3) is 3.89. The van der Waals surface area contributed by atoms with Crippen molar-refractivity contribution in [3.8, 4) is 17.1 Å². The first-order chi connectivity index (χ1) is 15.6. The Morgan fingerprint density at radius 3 is 2.56 bits per heavy atom. The molecule has 0 radical (unpaired) electrons. The average Bonchev–Trinajstić information content (AvgIpc) is 3.44. The lowest BCUT2D eigenvalue weighted by molar-refractivity contribution is -0.117. The molecule has 1 aliphatic rings. The smallest absolute Gasteiger partial charge is 0.240 e. The summed E-state index contributed by atoms with van der Waals surface area (Å²) in [4.78, 5) is 19.3. The van der Waals surface area contributed by atoms with Crippen molar-refractivity contribution in [3.63, 3.8) is 0 Å². The summed E-state index contributed by atoms with van der Waals surface area (Å²) in [5.74, 6) is 0.749. The van der Waals surface area contributed by atoms with Crippen molar-refractivity contribution in [2.24, 2.45) is 0 Å². The van der Waals surface area contributed by atoms with Crippen LogP contribution in [-0.4, -0.2) is 37.5 Å². The number of pyridine rings is 1. The van der Waals surface area contributed by atoms with E-state index >= 15 is 0 Å². The molecule has 0 spiro atoms. The molecule has 8 heteroatoms. The van der Waals surface area contributed by atoms with Crippen molar-refractivity contribution in [1.29, 1.82) is 0 Å². The van der Waals surface area contributed by atoms with Crippen LogP contribution < -0.4 is 4.90 Å². The number of nitrogens with zero attached hydrogens (tertiary/aromatic N) is 5. The van der Waals surface area contributed by atoms with E-state index in [1.165, 1.54) is 17.3 Å². The third-order valence-electron chi connectivity index (χ3n) is 5.44. The molecule has 1 atom stereocenters. The molecule has 1 aliphatic heterocycles. The van der Waals surface area contributed by atoms with E-state index in [4.69, 9.17) is 11.6 Å². The highest BCUT2D eigenvalue weighted by atomic mass is 35.5. The third-order valence-corrected chi connectivity index (χ3v) is 6.72. The number of aromatic nitrogens is 4. The fourth-order valence-corrected chi connectivity index (χ4v) is 4.91. The van der Waals surface area contributed by atoms with Crippen LogP contribution in [0.5, 0.6) is 0 Å². The monoisotopic (exact) mass is 461 g/mol. The number of para-hydroxylation sites is 1. The Morgan fingerprint density at radius 1 is 1.03 bits per heavy atom. The highest BCUT2D eigenvalue weighted by Crippen LogP contribution is 2.34. The quantitative estimate of drug-likeness (QED) is 0.389. The van der Waals surface area contributed by atoms with E-state index in [1.807, 2.05) is 71.0 Å². The highest BCUT2D eigenvalue weighted by Gasteiger charge is 2.30. The molecule has 2 aromatic carbocycles. The highest BCUT2D eigenvalue weighted by molar-refractivity contribution is 8.00. The summed E-state index contributed by atoms with van der Waals surface area (Å²) in [5.41, 5.74) is 3.98. The van der Waals surface area contributed by atoms with Gasteiger partial charge < -0.3 is 4.90 Å². The van der Waals surface area contributed by atoms with E-state index in [1.54, 1.807) is 12.4 Å². The molecule has 1 unspecified atom stereocenters. The van der Waals surface area contributed by atoms with Crippen LogP contribution >= 0.6 is 23.4 Å². The maximum atomic E-state index is 13.3. The molecule has 1 amide bonds. The van der Waals surface area contributed by atoms with Gasteiger partial charge in [0.2, 0.25) is 5.91 Å². The van der Waals surface area contributed by atoms with E-state index in [0.717, 1.165) is 23.4 Å². The van der Waals surface area contributed by atoms with Gasteiger partial charge in [-0.25, -0.2) is 0 Å². The van der Waals surface area contributed by atoms with Crippen molar-refractivity contribution in [3.05, 3.63) is 83.6 Å². The first kappa shape index (κ1) is 20.7. The minimum absolute atomic E-state index is 0.0658. The summed E-state index contributed by atoms with van der Waals surface area (Å²) in [6, 6.07) is 19.4. The van der Waals surface area contributed by atoms with Gasteiger partial charge in [0.25, 0.3) is 0 Å². The number of amides is 1. The lowest BCUT2D eigenvalue weighted by Gasteiger charge is -2.21. The number of hydrogen-bond donors (Lipinski definition) is 0.